The van der Waals surface area contributed by atoms with Crippen molar-refractivity contribution in [1.82, 2.24) is 4.57 Å². The Bertz CT molecular complexity index is 407. The number of hydrogen-bond acceptors (Lipinski definition) is 2. The van der Waals surface area contributed by atoms with Crippen molar-refractivity contribution in [1.29, 1.82) is 0 Å². The van der Waals surface area contributed by atoms with E-state index in [1.165, 1.54) is 10.6 Å². The van der Waals surface area contributed by atoms with Crippen LogP contribution in [-0.2, 0) is 6.54 Å². The number of rotatable bonds is 4. The Kier molecular flexibility index (Phi) is 3.66. The molecule has 0 unspecified atom stereocenters. The van der Waals surface area contributed by atoms with Crippen molar-refractivity contribution in [2.45, 2.75) is 26.8 Å². The van der Waals surface area contributed by atoms with E-state index in [2.05, 4.69) is 13.8 Å². The lowest BCUT2D eigenvalue weighted by Crippen LogP contribution is -2.26. The maximum Gasteiger partial charge on any atom is 0.341 e. The molecule has 0 spiro atoms. The fourth-order valence-electron chi connectivity index (χ4n) is 1.27. The monoisotopic (exact) mass is 209 g/mol. The lowest BCUT2D eigenvalue weighted by atomic mass is 10.1. The molecule has 0 atom stereocenters. The molecule has 0 aliphatic rings. The molecule has 1 N–H and O–H groups in total. The number of carboxylic acid groups (broad SMARTS) is 1. The molecule has 82 valence electrons. The van der Waals surface area contributed by atoms with E-state index < -0.39 is 11.5 Å². The van der Waals surface area contributed by atoms with Gasteiger partial charge in [-0.15, -0.1) is 0 Å². The van der Waals surface area contributed by atoms with Gasteiger partial charge in [-0.2, -0.15) is 0 Å². The molecule has 1 aromatic heterocycles. The maximum atomic E-state index is 11.6. The van der Waals surface area contributed by atoms with Gasteiger partial charge >= 0.3 is 5.97 Å². The SMILES string of the molecule is CC(C)CCn1cccc(C(=O)O)c1=O. The number of carbonyl (C=O) groups is 1. The van der Waals surface area contributed by atoms with E-state index in [0.717, 1.165) is 6.42 Å². The normalized spacial score (nSPS) is 10.6. The summed E-state index contributed by atoms with van der Waals surface area (Å²) in [7, 11) is 0. The number of hydrogen-bond donors (Lipinski definition) is 1. The highest BCUT2D eigenvalue weighted by Gasteiger charge is 2.09. The van der Waals surface area contributed by atoms with Crippen molar-refractivity contribution in [3.63, 3.8) is 0 Å². The van der Waals surface area contributed by atoms with Gasteiger partial charge in [-0.25, -0.2) is 4.79 Å². The van der Waals surface area contributed by atoms with Crippen molar-refractivity contribution in [2.75, 3.05) is 0 Å². The van der Waals surface area contributed by atoms with Crippen LogP contribution in [0.5, 0.6) is 0 Å². The molecule has 0 aliphatic heterocycles. The van der Waals surface area contributed by atoms with E-state index in [0.29, 0.717) is 12.5 Å². The zero-order valence-corrected chi connectivity index (χ0v) is 8.93. The van der Waals surface area contributed by atoms with E-state index in [1.54, 1.807) is 12.3 Å². The summed E-state index contributed by atoms with van der Waals surface area (Å²) in [6, 6.07) is 2.92. The molecule has 1 rings (SSSR count). The zero-order chi connectivity index (χ0) is 11.4. The van der Waals surface area contributed by atoms with Crippen LogP contribution in [0.3, 0.4) is 0 Å². The molecule has 0 saturated carbocycles. The van der Waals surface area contributed by atoms with Gasteiger partial charge in [0.15, 0.2) is 0 Å². The van der Waals surface area contributed by atoms with E-state index in [-0.39, 0.29) is 5.56 Å². The molecule has 0 saturated heterocycles. The molecular formula is C11H15NO3. The van der Waals surface area contributed by atoms with E-state index in [1.807, 2.05) is 0 Å². The van der Waals surface area contributed by atoms with Crippen molar-refractivity contribution in [2.24, 2.45) is 5.92 Å². The Morgan fingerprint density at radius 1 is 1.53 bits per heavy atom. The molecular weight excluding hydrogens is 194 g/mol. The van der Waals surface area contributed by atoms with Crippen LogP contribution < -0.4 is 5.56 Å². The van der Waals surface area contributed by atoms with Gasteiger partial charge in [-0.3, -0.25) is 4.79 Å². The Morgan fingerprint density at radius 3 is 2.73 bits per heavy atom. The molecule has 15 heavy (non-hydrogen) atoms. The van der Waals surface area contributed by atoms with Crippen LogP contribution in [0.4, 0.5) is 0 Å². The van der Waals surface area contributed by atoms with Crippen molar-refractivity contribution in [3.8, 4) is 0 Å². The Hall–Kier alpha value is -1.58. The van der Waals surface area contributed by atoms with Crippen LogP contribution in [-0.4, -0.2) is 15.6 Å². The second-order valence-electron chi connectivity index (χ2n) is 3.91. The van der Waals surface area contributed by atoms with Crippen LogP contribution in [0.25, 0.3) is 0 Å². The van der Waals surface area contributed by atoms with Crippen LogP contribution in [0.15, 0.2) is 23.1 Å². The number of carboxylic acids is 1. The summed E-state index contributed by atoms with van der Waals surface area (Å²) < 4.78 is 1.45. The first-order valence-corrected chi connectivity index (χ1v) is 4.95. The van der Waals surface area contributed by atoms with Gasteiger partial charge in [-0.1, -0.05) is 13.8 Å². The lowest BCUT2D eigenvalue weighted by molar-refractivity contribution is 0.0694. The molecule has 0 aliphatic carbocycles. The van der Waals surface area contributed by atoms with Gasteiger partial charge in [0, 0.05) is 12.7 Å². The van der Waals surface area contributed by atoms with Gasteiger partial charge in [-0.05, 0) is 24.5 Å². The first-order valence-electron chi connectivity index (χ1n) is 4.95. The Balaban J connectivity index is 2.95. The fraction of sp³-hybridized carbons (Fsp3) is 0.455. The Labute approximate surface area is 88.2 Å². The minimum Gasteiger partial charge on any atom is -0.477 e. The van der Waals surface area contributed by atoms with Gasteiger partial charge in [0.25, 0.3) is 5.56 Å². The van der Waals surface area contributed by atoms with E-state index >= 15 is 0 Å². The zero-order valence-electron chi connectivity index (χ0n) is 8.93. The molecule has 4 nitrogen and oxygen atoms in total. The third-order valence-electron chi connectivity index (χ3n) is 2.20. The molecule has 1 aromatic rings. The molecule has 0 amide bonds. The summed E-state index contributed by atoms with van der Waals surface area (Å²) in [5.41, 5.74) is -0.591. The van der Waals surface area contributed by atoms with Crippen molar-refractivity contribution in [3.05, 3.63) is 34.2 Å². The molecule has 0 radical (unpaired) electrons. The quantitative estimate of drug-likeness (QED) is 0.819. The van der Waals surface area contributed by atoms with E-state index in [9.17, 15) is 9.59 Å². The number of aryl methyl sites for hydroxylation is 1. The summed E-state index contributed by atoms with van der Waals surface area (Å²) in [6.45, 7) is 4.69. The summed E-state index contributed by atoms with van der Waals surface area (Å²) in [5, 5.41) is 8.75. The molecule has 4 heteroatoms. The number of aromatic nitrogens is 1. The van der Waals surface area contributed by atoms with Crippen molar-refractivity contribution < 1.29 is 9.90 Å². The van der Waals surface area contributed by atoms with E-state index in [4.69, 9.17) is 5.11 Å². The summed E-state index contributed by atoms with van der Waals surface area (Å²) >= 11 is 0. The molecule has 0 bridgehead atoms. The fourth-order valence-corrected chi connectivity index (χ4v) is 1.27. The third kappa shape index (κ3) is 2.94. The first kappa shape index (κ1) is 11.5. The minimum absolute atomic E-state index is 0.166. The smallest absolute Gasteiger partial charge is 0.341 e. The molecule has 1 heterocycles. The largest absolute Gasteiger partial charge is 0.477 e. The second-order valence-corrected chi connectivity index (χ2v) is 3.91. The highest BCUT2D eigenvalue weighted by Crippen LogP contribution is 2.01. The lowest BCUT2D eigenvalue weighted by Gasteiger charge is -2.08. The summed E-state index contributed by atoms with van der Waals surface area (Å²) in [4.78, 5) is 22.3. The van der Waals surface area contributed by atoms with Crippen LogP contribution >= 0.6 is 0 Å². The summed E-state index contributed by atoms with van der Waals surface area (Å²) in [6.07, 6.45) is 2.49. The predicted octanol–water partition coefficient (Wildman–Crippen LogP) is 1.59. The van der Waals surface area contributed by atoms with Crippen LogP contribution in [0.1, 0.15) is 30.6 Å². The van der Waals surface area contributed by atoms with Gasteiger partial charge in [0.1, 0.15) is 5.56 Å². The average molecular weight is 209 g/mol. The molecule has 0 aromatic carbocycles. The van der Waals surface area contributed by atoms with Gasteiger partial charge in [0.05, 0.1) is 0 Å². The minimum atomic E-state index is -1.17. The standard InChI is InChI=1S/C11H15NO3/c1-8(2)5-7-12-6-3-4-9(10(12)13)11(14)15/h3-4,6,8H,5,7H2,1-2H3,(H,14,15). The number of pyridine rings is 1. The topological polar surface area (TPSA) is 59.3 Å². The van der Waals surface area contributed by atoms with Crippen molar-refractivity contribution >= 4 is 5.97 Å². The number of nitrogens with zero attached hydrogens (tertiary/aromatic N) is 1. The van der Waals surface area contributed by atoms with Crippen LogP contribution in [0.2, 0.25) is 0 Å². The maximum absolute atomic E-state index is 11.6. The second kappa shape index (κ2) is 4.77. The third-order valence-corrected chi connectivity index (χ3v) is 2.20. The summed E-state index contributed by atoms with van der Waals surface area (Å²) in [5.74, 6) is -0.677. The van der Waals surface area contributed by atoms with Crippen LogP contribution in [0, 0.1) is 5.92 Å². The molecule has 0 fully saturated rings. The average Bonchev–Trinajstić information content (AvgIpc) is 2.15. The predicted molar refractivity (Wildman–Crippen MR) is 57.1 cm³/mol. The Morgan fingerprint density at radius 2 is 2.20 bits per heavy atom. The van der Waals surface area contributed by atoms with Gasteiger partial charge in [0.2, 0.25) is 0 Å². The van der Waals surface area contributed by atoms with Gasteiger partial charge < -0.3 is 9.67 Å². The first-order chi connectivity index (χ1) is 7.02. The highest BCUT2D eigenvalue weighted by molar-refractivity contribution is 5.86. The highest BCUT2D eigenvalue weighted by atomic mass is 16.4. The number of aromatic carboxylic acids is 1.